The molecule has 3 nitrogen and oxygen atoms in total. The lowest BCUT2D eigenvalue weighted by Crippen LogP contribution is -2.26. The van der Waals surface area contributed by atoms with E-state index in [1.807, 2.05) is 18.5 Å². The number of hydrogen-bond acceptors (Lipinski definition) is 3. The number of anilines is 1. The van der Waals surface area contributed by atoms with Crippen molar-refractivity contribution in [3.63, 3.8) is 0 Å². The summed E-state index contributed by atoms with van der Waals surface area (Å²) in [7, 11) is 0. The Morgan fingerprint density at radius 2 is 2.53 bits per heavy atom. The molecule has 1 aliphatic heterocycles. The van der Waals surface area contributed by atoms with Crippen LogP contribution in [0.2, 0.25) is 0 Å². The van der Waals surface area contributed by atoms with Crippen molar-refractivity contribution >= 4 is 5.69 Å². The summed E-state index contributed by atoms with van der Waals surface area (Å²) in [6, 6.07) is 4.15. The molecule has 3 heteroatoms. The average molecular weight is 205 g/mol. The fourth-order valence-corrected chi connectivity index (χ4v) is 2.12. The van der Waals surface area contributed by atoms with Crippen molar-refractivity contribution in [2.75, 3.05) is 31.1 Å². The van der Waals surface area contributed by atoms with Crippen molar-refractivity contribution in [2.45, 2.75) is 13.3 Å². The summed E-state index contributed by atoms with van der Waals surface area (Å²) in [5.74, 6) is 0.796. The molecular weight excluding hydrogens is 186 g/mol. The quantitative estimate of drug-likeness (QED) is 0.807. The zero-order chi connectivity index (χ0) is 10.5. The van der Waals surface area contributed by atoms with E-state index in [0.717, 1.165) is 19.0 Å². The minimum atomic E-state index is 0.796. The van der Waals surface area contributed by atoms with Crippen molar-refractivity contribution in [2.24, 2.45) is 5.92 Å². The van der Waals surface area contributed by atoms with Crippen LogP contribution in [0.25, 0.3) is 0 Å². The summed E-state index contributed by atoms with van der Waals surface area (Å²) in [4.78, 5) is 6.58. The van der Waals surface area contributed by atoms with E-state index in [2.05, 4.69) is 28.2 Å². The van der Waals surface area contributed by atoms with Gasteiger partial charge in [-0.05, 0) is 37.6 Å². The van der Waals surface area contributed by atoms with Crippen LogP contribution in [0.5, 0.6) is 0 Å². The van der Waals surface area contributed by atoms with Gasteiger partial charge in [-0.3, -0.25) is 4.98 Å². The molecule has 1 aliphatic rings. The highest BCUT2D eigenvalue weighted by Gasteiger charge is 2.21. The maximum absolute atomic E-state index is 4.16. The molecule has 1 aromatic heterocycles. The molecule has 1 fully saturated rings. The Bertz CT molecular complexity index is 286. The average Bonchev–Trinajstić information content (AvgIpc) is 2.76. The van der Waals surface area contributed by atoms with Crippen LogP contribution >= 0.6 is 0 Å². The van der Waals surface area contributed by atoms with Gasteiger partial charge in [0.15, 0.2) is 0 Å². The number of hydrogen-bond donors (Lipinski definition) is 1. The zero-order valence-corrected chi connectivity index (χ0v) is 9.32. The van der Waals surface area contributed by atoms with E-state index < -0.39 is 0 Å². The third-order valence-corrected chi connectivity index (χ3v) is 2.98. The van der Waals surface area contributed by atoms with Gasteiger partial charge in [0.05, 0.1) is 11.9 Å². The number of nitrogens with one attached hydrogen (secondary N) is 1. The summed E-state index contributed by atoms with van der Waals surface area (Å²) in [6.45, 7) is 6.71. The van der Waals surface area contributed by atoms with Gasteiger partial charge in [0.2, 0.25) is 0 Å². The topological polar surface area (TPSA) is 28.2 Å². The van der Waals surface area contributed by atoms with Crippen molar-refractivity contribution in [1.29, 1.82) is 0 Å². The van der Waals surface area contributed by atoms with Gasteiger partial charge in [0.1, 0.15) is 0 Å². The highest BCUT2D eigenvalue weighted by Crippen LogP contribution is 2.22. The van der Waals surface area contributed by atoms with Crippen LogP contribution in [-0.4, -0.2) is 31.2 Å². The van der Waals surface area contributed by atoms with E-state index in [9.17, 15) is 0 Å². The molecule has 0 amide bonds. The molecule has 82 valence electrons. The van der Waals surface area contributed by atoms with Crippen molar-refractivity contribution < 1.29 is 0 Å². The third-order valence-electron chi connectivity index (χ3n) is 2.98. The first-order valence-corrected chi connectivity index (χ1v) is 5.76. The SMILES string of the molecule is CCNCC1CCN(c2cccnc2)C1. The van der Waals surface area contributed by atoms with E-state index in [0.29, 0.717) is 0 Å². The Labute approximate surface area is 91.5 Å². The van der Waals surface area contributed by atoms with Crippen LogP contribution in [0.1, 0.15) is 13.3 Å². The van der Waals surface area contributed by atoms with Crippen molar-refractivity contribution in [3.8, 4) is 0 Å². The first kappa shape index (κ1) is 10.4. The number of aromatic nitrogens is 1. The van der Waals surface area contributed by atoms with Gasteiger partial charge in [0.25, 0.3) is 0 Å². The summed E-state index contributed by atoms with van der Waals surface area (Å²) < 4.78 is 0. The largest absolute Gasteiger partial charge is 0.370 e. The predicted octanol–water partition coefficient (Wildman–Crippen LogP) is 1.52. The molecule has 0 aliphatic carbocycles. The Hall–Kier alpha value is -1.09. The summed E-state index contributed by atoms with van der Waals surface area (Å²) in [5.41, 5.74) is 1.26. The van der Waals surface area contributed by atoms with Gasteiger partial charge in [-0.25, -0.2) is 0 Å². The highest BCUT2D eigenvalue weighted by atomic mass is 15.2. The van der Waals surface area contributed by atoms with Crippen LogP contribution in [0, 0.1) is 5.92 Å². The standard InChI is InChI=1S/C12H19N3/c1-2-13-8-11-5-7-15(10-11)12-4-3-6-14-9-12/h3-4,6,9,11,13H,2,5,7-8,10H2,1H3. The van der Waals surface area contributed by atoms with E-state index in [-0.39, 0.29) is 0 Å². The molecule has 1 saturated heterocycles. The number of nitrogens with zero attached hydrogens (tertiary/aromatic N) is 2. The van der Waals surface area contributed by atoms with Gasteiger partial charge < -0.3 is 10.2 Å². The predicted molar refractivity (Wildman–Crippen MR) is 63.1 cm³/mol. The first-order valence-electron chi connectivity index (χ1n) is 5.76. The molecule has 1 aromatic rings. The van der Waals surface area contributed by atoms with E-state index in [1.54, 1.807) is 0 Å². The van der Waals surface area contributed by atoms with Crippen LogP contribution in [0.3, 0.4) is 0 Å². The first-order chi connectivity index (χ1) is 7.40. The third kappa shape index (κ3) is 2.69. The second kappa shape index (κ2) is 5.12. The Kier molecular flexibility index (Phi) is 3.56. The summed E-state index contributed by atoms with van der Waals surface area (Å²) in [6.07, 6.45) is 5.08. The normalized spacial score (nSPS) is 20.9. The van der Waals surface area contributed by atoms with E-state index in [1.165, 1.54) is 25.2 Å². The monoisotopic (exact) mass is 205 g/mol. The molecule has 15 heavy (non-hydrogen) atoms. The maximum Gasteiger partial charge on any atom is 0.0552 e. The lowest BCUT2D eigenvalue weighted by molar-refractivity contribution is 0.528. The van der Waals surface area contributed by atoms with Crippen LogP contribution in [-0.2, 0) is 0 Å². The molecule has 0 spiro atoms. The zero-order valence-electron chi connectivity index (χ0n) is 9.32. The smallest absolute Gasteiger partial charge is 0.0552 e. The number of rotatable bonds is 4. The fraction of sp³-hybridized carbons (Fsp3) is 0.583. The summed E-state index contributed by atoms with van der Waals surface area (Å²) >= 11 is 0. The molecule has 1 atom stereocenters. The summed E-state index contributed by atoms with van der Waals surface area (Å²) in [5, 5.41) is 3.42. The molecule has 1 N–H and O–H groups in total. The minimum absolute atomic E-state index is 0.796. The second-order valence-electron chi connectivity index (χ2n) is 4.12. The van der Waals surface area contributed by atoms with Crippen LogP contribution in [0.15, 0.2) is 24.5 Å². The van der Waals surface area contributed by atoms with Crippen LogP contribution in [0.4, 0.5) is 5.69 Å². The Morgan fingerprint density at radius 3 is 3.27 bits per heavy atom. The molecule has 0 aromatic carbocycles. The van der Waals surface area contributed by atoms with Gasteiger partial charge >= 0.3 is 0 Å². The molecule has 0 bridgehead atoms. The van der Waals surface area contributed by atoms with Crippen molar-refractivity contribution in [1.82, 2.24) is 10.3 Å². The lowest BCUT2D eigenvalue weighted by Gasteiger charge is -2.18. The van der Waals surface area contributed by atoms with Crippen LogP contribution < -0.4 is 10.2 Å². The van der Waals surface area contributed by atoms with Gasteiger partial charge in [-0.2, -0.15) is 0 Å². The fourth-order valence-electron chi connectivity index (χ4n) is 2.12. The number of pyridine rings is 1. The lowest BCUT2D eigenvalue weighted by atomic mass is 10.1. The highest BCUT2D eigenvalue weighted by molar-refractivity contribution is 5.44. The molecule has 2 rings (SSSR count). The van der Waals surface area contributed by atoms with E-state index >= 15 is 0 Å². The van der Waals surface area contributed by atoms with Gasteiger partial charge in [-0.15, -0.1) is 0 Å². The van der Waals surface area contributed by atoms with Gasteiger partial charge in [-0.1, -0.05) is 6.92 Å². The minimum Gasteiger partial charge on any atom is -0.370 e. The molecule has 0 radical (unpaired) electrons. The maximum atomic E-state index is 4.16. The molecular formula is C12H19N3. The van der Waals surface area contributed by atoms with E-state index in [4.69, 9.17) is 0 Å². The van der Waals surface area contributed by atoms with Gasteiger partial charge in [0, 0.05) is 19.3 Å². The Morgan fingerprint density at radius 1 is 1.60 bits per heavy atom. The Balaban J connectivity index is 1.87. The molecule has 0 saturated carbocycles. The molecule has 1 unspecified atom stereocenters. The molecule has 2 heterocycles. The second-order valence-corrected chi connectivity index (χ2v) is 4.12. The van der Waals surface area contributed by atoms with Crippen molar-refractivity contribution in [3.05, 3.63) is 24.5 Å².